The molecule has 5 heteroatoms. The van der Waals surface area contributed by atoms with Gasteiger partial charge in [-0.1, -0.05) is 0 Å². The molecule has 0 aliphatic heterocycles. The fourth-order valence-corrected chi connectivity index (χ4v) is 2.08. The number of aromatic nitrogens is 1. The summed E-state index contributed by atoms with van der Waals surface area (Å²) in [5.41, 5.74) is 0.829. The average Bonchev–Trinajstić information content (AvgIpc) is 2.31. The van der Waals surface area contributed by atoms with E-state index in [0.29, 0.717) is 11.4 Å². The maximum absolute atomic E-state index is 10.4. The van der Waals surface area contributed by atoms with E-state index in [1.807, 2.05) is 6.92 Å². The predicted molar refractivity (Wildman–Crippen MR) is 49.0 cm³/mol. The summed E-state index contributed by atoms with van der Waals surface area (Å²) in [6.07, 6.45) is 0.528. The van der Waals surface area contributed by atoms with E-state index in [-0.39, 0.29) is 13.0 Å². The molecule has 0 radical (unpaired) electrons. The SMILES string of the molecule is Cc1nc(CC(=O)O)sc1CCO. The highest BCUT2D eigenvalue weighted by molar-refractivity contribution is 7.11. The van der Waals surface area contributed by atoms with Gasteiger partial charge >= 0.3 is 5.97 Å². The van der Waals surface area contributed by atoms with Gasteiger partial charge in [0.25, 0.3) is 0 Å². The lowest BCUT2D eigenvalue weighted by molar-refractivity contribution is -0.136. The van der Waals surface area contributed by atoms with E-state index in [9.17, 15) is 4.79 Å². The van der Waals surface area contributed by atoms with E-state index in [0.717, 1.165) is 10.6 Å². The minimum absolute atomic E-state index is 0.0308. The summed E-state index contributed by atoms with van der Waals surface area (Å²) in [4.78, 5) is 15.4. The third kappa shape index (κ3) is 2.78. The minimum Gasteiger partial charge on any atom is -0.481 e. The van der Waals surface area contributed by atoms with Gasteiger partial charge in [0.1, 0.15) is 5.01 Å². The molecular weight excluding hydrogens is 190 g/mol. The molecule has 0 amide bonds. The molecule has 4 nitrogen and oxygen atoms in total. The van der Waals surface area contributed by atoms with Crippen molar-refractivity contribution >= 4 is 17.3 Å². The second-order valence-corrected chi connectivity index (χ2v) is 3.83. The Bertz CT molecular complexity index is 308. The van der Waals surface area contributed by atoms with Crippen molar-refractivity contribution in [2.24, 2.45) is 0 Å². The summed E-state index contributed by atoms with van der Waals surface area (Å²) in [5, 5.41) is 17.8. The second-order valence-electron chi connectivity index (χ2n) is 2.66. The number of aliphatic hydroxyl groups excluding tert-OH is 1. The molecule has 1 aromatic heterocycles. The normalized spacial score (nSPS) is 10.3. The molecule has 0 unspecified atom stereocenters. The van der Waals surface area contributed by atoms with Crippen LogP contribution in [-0.2, 0) is 17.6 Å². The van der Waals surface area contributed by atoms with Crippen molar-refractivity contribution in [3.05, 3.63) is 15.6 Å². The third-order valence-electron chi connectivity index (χ3n) is 1.58. The number of aliphatic hydroxyl groups is 1. The Morgan fingerprint density at radius 3 is 2.85 bits per heavy atom. The van der Waals surface area contributed by atoms with Gasteiger partial charge in [0, 0.05) is 17.9 Å². The number of thiazole rings is 1. The van der Waals surface area contributed by atoms with Crippen molar-refractivity contribution in [1.82, 2.24) is 4.98 Å². The number of rotatable bonds is 4. The number of aliphatic carboxylic acids is 1. The van der Waals surface area contributed by atoms with Crippen LogP contribution in [0.4, 0.5) is 0 Å². The van der Waals surface area contributed by atoms with Crippen LogP contribution in [0.25, 0.3) is 0 Å². The van der Waals surface area contributed by atoms with Crippen molar-refractivity contribution in [3.63, 3.8) is 0 Å². The Morgan fingerprint density at radius 1 is 1.62 bits per heavy atom. The van der Waals surface area contributed by atoms with E-state index in [2.05, 4.69) is 4.98 Å². The molecule has 0 saturated heterocycles. The van der Waals surface area contributed by atoms with Crippen LogP contribution in [0.2, 0.25) is 0 Å². The summed E-state index contributed by atoms with van der Waals surface area (Å²) in [7, 11) is 0. The molecule has 0 aliphatic rings. The molecule has 2 N–H and O–H groups in total. The summed E-state index contributed by atoms with van der Waals surface area (Å²) in [6, 6.07) is 0. The zero-order chi connectivity index (χ0) is 9.84. The van der Waals surface area contributed by atoms with Gasteiger partial charge in [-0.15, -0.1) is 11.3 Å². The molecule has 0 atom stereocenters. The number of nitrogens with zero attached hydrogens (tertiary/aromatic N) is 1. The Morgan fingerprint density at radius 2 is 2.31 bits per heavy atom. The molecule has 1 heterocycles. The molecule has 0 aromatic carbocycles. The van der Waals surface area contributed by atoms with Crippen molar-refractivity contribution in [2.75, 3.05) is 6.61 Å². The monoisotopic (exact) mass is 201 g/mol. The van der Waals surface area contributed by atoms with Gasteiger partial charge in [-0.3, -0.25) is 4.79 Å². The molecule has 13 heavy (non-hydrogen) atoms. The van der Waals surface area contributed by atoms with Crippen LogP contribution in [0.5, 0.6) is 0 Å². The first-order chi connectivity index (χ1) is 6.13. The molecule has 72 valence electrons. The fraction of sp³-hybridized carbons (Fsp3) is 0.500. The van der Waals surface area contributed by atoms with Crippen LogP contribution in [0.1, 0.15) is 15.6 Å². The van der Waals surface area contributed by atoms with Gasteiger partial charge in [-0.05, 0) is 6.92 Å². The van der Waals surface area contributed by atoms with Gasteiger partial charge < -0.3 is 10.2 Å². The standard InChI is InChI=1S/C8H11NO3S/c1-5-6(2-3-10)13-7(9-5)4-8(11)12/h10H,2-4H2,1H3,(H,11,12). The lowest BCUT2D eigenvalue weighted by Gasteiger charge is -1.90. The second kappa shape index (κ2) is 4.34. The third-order valence-corrected chi connectivity index (χ3v) is 2.80. The Balaban J connectivity index is 2.76. The maximum atomic E-state index is 10.4. The first kappa shape index (κ1) is 10.1. The smallest absolute Gasteiger partial charge is 0.310 e. The molecule has 1 rings (SSSR count). The Hall–Kier alpha value is -0.940. The highest BCUT2D eigenvalue weighted by Gasteiger charge is 2.09. The number of carboxylic acid groups (broad SMARTS) is 1. The highest BCUT2D eigenvalue weighted by Crippen LogP contribution is 2.18. The van der Waals surface area contributed by atoms with E-state index in [1.54, 1.807) is 0 Å². The number of aryl methyl sites for hydroxylation is 1. The highest BCUT2D eigenvalue weighted by atomic mass is 32.1. The topological polar surface area (TPSA) is 70.4 Å². The summed E-state index contributed by atoms with van der Waals surface area (Å²) in [6.45, 7) is 1.91. The summed E-state index contributed by atoms with van der Waals surface area (Å²) in [5.74, 6) is -0.871. The molecule has 0 fully saturated rings. The number of carbonyl (C=O) groups is 1. The molecule has 0 aliphatic carbocycles. The largest absolute Gasteiger partial charge is 0.481 e. The van der Waals surface area contributed by atoms with Crippen LogP contribution in [0.15, 0.2) is 0 Å². The van der Waals surface area contributed by atoms with Crippen molar-refractivity contribution in [2.45, 2.75) is 19.8 Å². The van der Waals surface area contributed by atoms with Gasteiger partial charge in [0.2, 0.25) is 0 Å². The van der Waals surface area contributed by atoms with Crippen LogP contribution in [0.3, 0.4) is 0 Å². The summed E-state index contributed by atoms with van der Waals surface area (Å²) < 4.78 is 0. The van der Waals surface area contributed by atoms with Gasteiger partial charge in [0.05, 0.1) is 12.1 Å². The average molecular weight is 201 g/mol. The zero-order valence-electron chi connectivity index (χ0n) is 7.28. The lowest BCUT2D eigenvalue weighted by Crippen LogP contribution is -1.98. The van der Waals surface area contributed by atoms with Crippen molar-refractivity contribution in [1.29, 1.82) is 0 Å². The predicted octanol–water partition coefficient (Wildman–Crippen LogP) is 0.613. The maximum Gasteiger partial charge on any atom is 0.310 e. The van der Waals surface area contributed by atoms with E-state index < -0.39 is 5.97 Å². The molecule has 1 aromatic rings. The van der Waals surface area contributed by atoms with E-state index in [1.165, 1.54) is 11.3 Å². The van der Waals surface area contributed by atoms with Gasteiger partial charge in [0.15, 0.2) is 0 Å². The lowest BCUT2D eigenvalue weighted by atomic mass is 10.3. The fourth-order valence-electron chi connectivity index (χ4n) is 1.03. The quantitative estimate of drug-likeness (QED) is 0.749. The Labute approximate surface area is 79.9 Å². The minimum atomic E-state index is -0.871. The van der Waals surface area contributed by atoms with Crippen LogP contribution >= 0.6 is 11.3 Å². The molecule has 0 bridgehead atoms. The first-order valence-electron chi connectivity index (χ1n) is 3.91. The van der Waals surface area contributed by atoms with Crippen LogP contribution in [0, 0.1) is 6.92 Å². The van der Waals surface area contributed by atoms with Crippen LogP contribution in [-0.4, -0.2) is 27.8 Å². The van der Waals surface area contributed by atoms with Crippen molar-refractivity contribution < 1.29 is 15.0 Å². The number of hydrogen-bond donors (Lipinski definition) is 2. The van der Waals surface area contributed by atoms with Gasteiger partial charge in [-0.25, -0.2) is 4.98 Å². The first-order valence-corrected chi connectivity index (χ1v) is 4.73. The molecular formula is C8H11NO3S. The molecule has 0 spiro atoms. The summed E-state index contributed by atoms with van der Waals surface area (Å²) >= 11 is 1.36. The number of carboxylic acids is 1. The van der Waals surface area contributed by atoms with Crippen molar-refractivity contribution in [3.8, 4) is 0 Å². The zero-order valence-corrected chi connectivity index (χ0v) is 8.10. The Kier molecular flexibility index (Phi) is 3.39. The van der Waals surface area contributed by atoms with E-state index in [4.69, 9.17) is 10.2 Å². The van der Waals surface area contributed by atoms with E-state index >= 15 is 0 Å². The molecule has 0 saturated carbocycles. The van der Waals surface area contributed by atoms with Crippen LogP contribution < -0.4 is 0 Å². The number of hydrogen-bond acceptors (Lipinski definition) is 4. The van der Waals surface area contributed by atoms with Gasteiger partial charge in [-0.2, -0.15) is 0 Å².